The van der Waals surface area contributed by atoms with E-state index in [1.165, 1.54) is 37.8 Å². The summed E-state index contributed by atoms with van der Waals surface area (Å²) in [5.74, 6) is 0.547. The average Bonchev–Trinajstić information content (AvgIpc) is 2.57. The molecule has 2 aliphatic rings. The summed E-state index contributed by atoms with van der Waals surface area (Å²) < 4.78 is 0. The first-order chi connectivity index (χ1) is 10.3. The Balaban J connectivity index is 1.45. The summed E-state index contributed by atoms with van der Waals surface area (Å²) in [5, 5.41) is 10.5. The molecule has 1 N–H and O–H groups in total. The van der Waals surface area contributed by atoms with E-state index in [1.807, 2.05) is 0 Å². The third kappa shape index (κ3) is 3.98. The molecule has 1 aromatic carbocycles. The largest absolute Gasteiger partial charge is 0.392 e. The van der Waals surface area contributed by atoms with Gasteiger partial charge in [-0.25, -0.2) is 0 Å². The molecule has 21 heavy (non-hydrogen) atoms. The third-order valence-electron chi connectivity index (χ3n) is 5.13. The Kier molecular flexibility index (Phi) is 5.15. The Morgan fingerprint density at radius 2 is 1.62 bits per heavy atom. The highest BCUT2D eigenvalue weighted by Gasteiger charge is 2.25. The summed E-state index contributed by atoms with van der Waals surface area (Å²) >= 11 is 0. The van der Waals surface area contributed by atoms with Crippen molar-refractivity contribution in [1.29, 1.82) is 0 Å². The van der Waals surface area contributed by atoms with Crippen molar-refractivity contribution in [3.05, 3.63) is 30.3 Å². The lowest BCUT2D eigenvalue weighted by Crippen LogP contribution is -2.49. The van der Waals surface area contributed by atoms with Crippen LogP contribution in [-0.4, -0.2) is 48.8 Å². The van der Waals surface area contributed by atoms with Crippen LogP contribution in [0.1, 0.15) is 32.1 Å². The van der Waals surface area contributed by atoms with Crippen LogP contribution in [0.25, 0.3) is 0 Å². The van der Waals surface area contributed by atoms with Crippen LogP contribution in [0.4, 0.5) is 5.69 Å². The zero-order valence-electron chi connectivity index (χ0n) is 13.0. The first-order valence-corrected chi connectivity index (χ1v) is 8.53. The van der Waals surface area contributed by atoms with E-state index >= 15 is 0 Å². The van der Waals surface area contributed by atoms with Crippen molar-refractivity contribution in [2.45, 2.75) is 38.2 Å². The molecule has 1 aliphatic heterocycles. The molecule has 3 nitrogen and oxygen atoms in total. The number of piperazine rings is 1. The SMILES string of the molecule is OC(CN1CCN(c2ccccc2)CC1)C1CCCCC1. The van der Waals surface area contributed by atoms with Gasteiger partial charge in [-0.2, -0.15) is 0 Å². The normalized spacial score (nSPS) is 23.2. The Hall–Kier alpha value is -1.06. The summed E-state index contributed by atoms with van der Waals surface area (Å²) in [4.78, 5) is 4.89. The fraction of sp³-hybridized carbons (Fsp3) is 0.667. The van der Waals surface area contributed by atoms with Crippen molar-refractivity contribution < 1.29 is 5.11 Å². The van der Waals surface area contributed by atoms with Crippen LogP contribution in [0.3, 0.4) is 0 Å². The van der Waals surface area contributed by atoms with E-state index in [0.717, 1.165) is 32.7 Å². The van der Waals surface area contributed by atoms with Gasteiger partial charge in [0.2, 0.25) is 0 Å². The van der Waals surface area contributed by atoms with Crippen LogP contribution in [0.5, 0.6) is 0 Å². The number of nitrogens with zero attached hydrogens (tertiary/aromatic N) is 2. The van der Waals surface area contributed by atoms with Crippen LogP contribution < -0.4 is 4.90 Å². The van der Waals surface area contributed by atoms with Crippen molar-refractivity contribution in [1.82, 2.24) is 4.90 Å². The minimum Gasteiger partial charge on any atom is -0.392 e. The molecular weight excluding hydrogens is 260 g/mol. The number of anilines is 1. The molecule has 116 valence electrons. The van der Waals surface area contributed by atoms with E-state index in [-0.39, 0.29) is 6.10 Å². The van der Waals surface area contributed by atoms with Gasteiger partial charge >= 0.3 is 0 Å². The first-order valence-electron chi connectivity index (χ1n) is 8.53. The van der Waals surface area contributed by atoms with Gasteiger partial charge in [0.25, 0.3) is 0 Å². The van der Waals surface area contributed by atoms with Crippen molar-refractivity contribution in [3.63, 3.8) is 0 Å². The molecule has 0 bridgehead atoms. The van der Waals surface area contributed by atoms with E-state index in [4.69, 9.17) is 0 Å². The molecule has 2 fully saturated rings. The standard InChI is InChI=1S/C18H28N2O/c21-18(16-7-3-1-4-8-16)15-19-11-13-20(14-12-19)17-9-5-2-6-10-17/h2,5-6,9-10,16,18,21H,1,3-4,7-8,11-15H2. The number of benzene rings is 1. The number of rotatable bonds is 4. The first kappa shape index (κ1) is 14.9. The molecule has 1 aliphatic carbocycles. The number of aliphatic hydroxyl groups excluding tert-OH is 1. The van der Waals surface area contributed by atoms with Crippen LogP contribution in [0, 0.1) is 5.92 Å². The van der Waals surface area contributed by atoms with Crippen molar-refractivity contribution in [2.24, 2.45) is 5.92 Å². The lowest BCUT2D eigenvalue weighted by atomic mass is 9.85. The van der Waals surface area contributed by atoms with Gasteiger partial charge in [-0.15, -0.1) is 0 Å². The molecule has 0 amide bonds. The number of β-amino-alcohol motifs (C(OH)–C–C–N with tert-alkyl or cyclic N) is 1. The van der Waals surface area contributed by atoms with E-state index in [9.17, 15) is 5.11 Å². The van der Waals surface area contributed by atoms with Crippen molar-refractivity contribution >= 4 is 5.69 Å². The summed E-state index contributed by atoms with van der Waals surface area (Å²) in [7, 11) is 0. The highest BCUT2D eigenvalue weighted by atomic mass is 16.3. The van der Waals surface area contributed by atoms with Gasteiger partial charge < -0.3 is 10.0 Å². The average molecular weight is 288 g/mol. The molecule has 1 saturated heterocycles. The topological polar surface area (TPSA) is 26.7 Å². The minimum atomic E-state index is -0.117. The summed E-state index contributed by atoms with van der Waals surface area (Å²) in [5.41, 5.74) is 1.32. The molecule has 1 aromatic rings. The van der Waals surface area contributed by atoms with Gasteiger partial charge in [-0.1, -0.05) is 37.5 Å². The number of hydrogen-bond donors (Lipinski definition) is 1. The summed E-state index contributed by atoms with van der Waals surface area (Å²) in [6.45, 7) is 5.15. The second kappa shape index (κ2) is 7.28. The lowest BCUT2D eigenvalue weighted by Gasteiger charge is -2.38. The molecular formula is C18H28N2O. The molecule has 0 spiro atoms. The van der Waals surface area contributed by atoms with Crippen molar-refractivity contribution in [2.75, 3.05) is 37.6 Å². The molecule has 0 radical (unpaired) electrons. The Morgan fingerprint density at radius 3 is 2.29 bits per heavy atom. The smallest absolute Gasteiger partial charge is 0.0695 e. The predicted molar refractivity (Wildman–Crippen MR) is 87.7 cm³/mol. The summed E-state index contributed by atoms with van der Waals surface area (Å²) in [6, 6.07) is 10.7. The Morgan fingerprint density at radius 1 is 0.952 bits per heavy atom. The zero-order valence-corrected chi connectivity index (χ0v) is 13.0. The Labute approximate surface area is 128 Å². The minimum absolute atomic E-state index is 0.117. The van der Waals surface area contributed by atoms with E-state index in [2.05, 4.69) is 40.1 Å². The van der Waals surface area contributed by atoms with Gasteiger partial charge in [-0.05, 0) is 30.9 Å². The number of aliphatic hydroxyl groups is 1. The van der Waals surface area contributed by atoms with E-state index in [0.29, 0.717) is 5.92 Å². The predicted octanol–water partition coefficient (Wildman–Crippen LogP) is 2.75. The molecule has 1 unspecified atom stereocenters. The maximum absolute atomic E-state index is 10.5. The van der Waals surface area contributed by atoms with Crippen molar-refractivity contribution in [3.8, 4) is 0 Å². The quantitative estimate of drug-likeness (QED) is 0.923. The van der Waals surface area contributed by atoms with Gasteiger partial charge in [0.15, 0.2) is 0 Å². The van der Waals surface area contributed by atoms with Gasteiger partial charge in [0.05, 0.1) is 6.10 Å². The van der Waals surface area contributed by atoms with E-state index in [1.54, 1.807) is 0 Å². The molecule has 1 saturated carbocycles. The summed E-state index contributed by atoms with van der Waals surface area (Å²) in [6.07, 6.45) is 6.32. The highest BCUT2D eigenvalue weighted by molar-refractivity contribution is 5.46. The zero-order chi connectivity index (χ0) is 14.5. The van der Waals surface area contributed by atoms with Gasteiger partial charge in [0, 0.05) is 38.4 Å². The van der Waals surface area contributed by atoms with Crippen LogP contribution in [-0.2, 0) is 0 Å². The van der Waals surface area contributed by atoms with Crippen LogP contribution in [0.15, 0.2) is 30.3 Å². The van der Waals surface area contributed by atoms with Crippen LogP contribution in [0.2, 0.25) is 0 Å². The van der Waals surface area contributed by atoms with Gasteiger partial charge in [-0.3, -0.25) is 4.90 Å². The van der Waals surface area contributed by atoms with Gasteiger partial charge in [0.1, 0.15) is 0 Å². The number of hydrogen-bond acceptors (Lipinski definition) is 3. The second-order valence-electron chi connectivity index (χ2n) is 6.59. The van der Waals surface area contributed by atoms with E-state index < -0.39 is 0 Å². The highest BCUT2D eigenvalue weighted by Crippen LogP contribution is 2.27. The maximum atomic E-state index is 10.5. The monoisotopic (exact) mass is 288 g/mol. The molecule has 1 heterocycles. The third-order valence-corrected chi connectivity index (χ3v) is 5.13. The number of para-hydroxylation sites is 1. The Bertz CT molecular complexity index is 408. The fourth-order valence-electron chi connectivity index (χ4n) is 3.76. The fourth-order valence-corrected chi connectivity index (χ4v) is 3.76. The molecule has 1 atom stereocenters. The molecule has 3 rings (SSSR count). The molecule has 0 aromatic heterocycles. The van der Waals surface area contributed by atoms with Crippen LogP contribution >= 0.6 is 0 Å². The molecule has 3 heteroatoms. The maximum Gasteiger partial charge on any atom is 0.0695 e. The second-order valence-corrected chi connectivity index (χ2v) is 6.59. The lowest BCUT2D eigenvalue weighted by molar-refractivity contribution is 0.0459.